The molecule has 0 aliphatic rings. The number of methoxy groups -OCH3 is 1. The molecule has 2 aromatic rings. The lowest BCUT2D eigenvalue weighted by Gasteiger charge is -2.18. The van der Waals surface area contributed by atoms with Crippen LogP contribution in [0, 0.1) is 0 Å². The number of carbonyl (C=O) groups excluding carboxylic acids is 3. The number of esters is 1. The number of imide groups is 1. The Morgan fingerprint density at radius 1 is 1.07 bits per heavy atom. The van der Waals surface area contributed by atoms with E-state index in [1.807, 2.05) is 6.26 Å². The summed E-state index contributed by atoms with van der Waals surface area (Å²) >= 11 is 1.50. The van der Waals surface area contributed by atoms with Gasteiger partial charge in [-0.2, -0.15) is 0 Å². The molecule has 0 bridgehead atoms. The van der Waals surface area contributed by atoms with E-state index < -0.39 is 24.0 Å². The highest BCUT2D eigenvalue weighted by atomic mass is 32.2. The number of thioether (sulfide) groups is 1. The summed E-state index contributed by atoms with van der Waals surface area (Å²) in [4.78, 5) is 37.5. The molecule has 0 fully saturated rings. The molecule has 27 heavy (non-hydrogen) atoms. The topological polar surface area (TPSA) is 93.7 Å². The third-order valence-corrected chi connectivity index (χ3v) is 4.38. The van der Waals surface area contributed by atoms with Crippen molar-refractivity contribution in [1.29, 1.82) is 0 Å². The maximum Gasteiger partial charge on any atom is 0.343 e. The summed E-state index contributed by atoms with van der Waals surface area (Å²) in [6, 6.07) is 12.8. The Morgan fingerprint density at radius 3 is 2.37 bits per heavy atom. The normalized spacial score (nSPS) is 11.2. The molecule has 2 aromatic carbocycles. The van der Waals surface area contributed by atoms with Crippen molar-refractivity contribution < 1.29 is 23.9 Å². The summed E-state index contributed by atoms with van der Waals surface area (Å²) in [5.41, 5.74) is 0.621. The molecule has 8 heteroatoms. The first-order valence-corrected chi connectivity index (χ1v) is 9.23. The molecule has 2 N–H and O–H groups in total. The number of urea groups is 1. The number of benzene rings is 2. The second-order valence-electron chi connectivity index (χ2n) is 5.33. The Hall–Kier alpha value is -3.00. The molecular weight excluding hydrogens is 368 g/mol. The molecule has 0 aliphatic carbocycles. The average molecular weight is 388 g/mol. The van der Waals surface area contributed by atoms with Crippen molar-refractivity contribution in [3.8, 4) is 5.75 Å². The first-order valence-electron chi connectivity index (χ1n) is 8.00. The largest absolute Gasteiger partial charge is 0.496 e. The number of hydrogen-bond donors (Lipinski definition) is 2. The van der Waals surface area contributed by atoms with E-state index in [0.29, 0.717) is 11.3 Å². The molecule has 0 aromatic heterocycles. The van der Waals surface area contributed by atoms with Crippen molar-refractivity contribution in [2.45, 2.75) is 11.0 Å². The predicted molar refractivity (Wildman–Crippen MR) is 102 cm³/mol. The first-order chi connectivity index (χ1) is 13.0. The minimum absolute atomic E-state index is 0.184. The summed E-state index contributed by atoms with van der Waals surface area (Å²) in [6.07, 6.45) is 0.613. The Bertz CT molecular complexity index is 826. The summed E-state index contributed by atoms with van der Waals surface area (Å²) in [6.45, 7) is 0. The lowest BCUT2D eigenvalue weighted by Crippen LogP contribution is -2.41. The van der Waals surface area contributed by atoms with Crippen molar-refractivity contribution in [2.75, 3.05) is 20.4 Å². The van der Waals surface area contributed by atoms with Gasteiger partial charge >= 0.3 is 12.0 Å². The van der Waals surface area contributed by atoms with Crippen LogP contribution < -0.4 is 15.4 Å². The third kappa shape index (κ3) is 5.24. The van der Waals surface area contributed by atoms with Crippen LogP contribution in [0.3, 0.4) is 0 Å². The summed E-state index contributed by atoms with van der Waals surface area (Å²) < 4.78 is 10.7. The maximum absolute atomic E-state index is 12.7. The van der Waals surface area contributed by atoms with Gasteiger partial charge in [-0.15, -0.1) is 11.8 Å². The fourth-order valence-electron chi connectivity index (χ4n) is 2.28. The van der Waals surface area contributed by atoms with Gasteiger partial charge in [0.1, 0.15) is 11.3 Å². The van der Waals surface area contributed by atoms with E-state index in [1.165, 1.54) is 25.9 Å². The van der Waals surface area contributed by atoms with E-state index in [9.17, 15) is 14.4 Å². The Morgan fingerprint density at radius 2 is 1.78 bits per heavy atom. The number of carbonyl (C=O) groups is 3. The second-order valence-corrected chi connectivity index (χ2v) is 6.21. The first kappa shape index (κ1) is 20.3. The van der Waals surface area contributed by atoms with Crippen molar-refractivity contribution in [3.63, 3.8) is 0 Å². The molecule has 1 atom stereocenters. The highest BCUT2D eigenvalue weighted by Gasteiger charge is 2.28. The van der Waals surface area contributed by atoms with Crippen LogP contribution in [0.2, 0.25) is 0 Å². The Balaban J connectivity index is 2.31. The molecule has 0 aliphatic heterocycles. The van der Waals surface area contributed by atoms with E-state index in [2.05, 4.69) is 10.6 Å². The van der Waals surface area contributed by atoms with E-state index in [0.717, 1.165) is 4.90 Å². The van der Waals surface area contributed by atoms with Gasteiger partial charge in [-0.25, -0.2) is 9.59 Å². The second kappa shape index (κ2) is 9.63. The minimum Gasteiger partial charge on any atom is -0.496 e. The van der Waals surface area contributed by atoms with Crippen LogP contribution in [0.15, 0.2) is 53.4 Å². The molecule has 0 saturated carbocycles. The van der Waals surface area contributed by atoms with Crippen LogP contribution in [0.4, 0.5) is 4.79 Å². The van der Waals surface area contributed by atoms with Crippen LogP contribution >= 0.6 is 11.8 Å². The van der Waals surface area contributed by atoms with Crippen molar-refractivity contribution in [1.82, 2.24) is 10.6 Å². The van der Waals surface area contributed by atoms with Gasteiger partial charge in [-0.05, 0) is 24.5 Å². The van der Waals surface area contributed by atoms with Gasteiger partial charge < -0.3 is 14.8 Å². The molecule has 0 unspecified atom stereocenters. The van der Waals surface area contributed by atoms with E-state index >= 15 is 0 Å². The van der Waals surface area contributed by atoms with Gasteiger partial charge in [0.25, 0.3) is 5.91 Å². The van der Waals surface area contributed by atoms with Gasteiger partial charge in [-0.3, -0.25) is 10.1 Å². The fraction of sp³-hybridized carbons (Fsp3) is 0.211. The molecule has 0 heterocycles. The molecule has 0 radical (unpaired) electrons. The van der Waals surface area contributed by atoms with E-state index in [-0.39, 0.29) is 5.56 Å². The van der Waals surface area contributed by atoms with Crippen LogP contribution in [-0.4, -0.2) is 38.3 Å². The SMILES string of the molecule is CNC(=O)NC(=O)[C@@H](OC(=O)c1ccc(SC)cc1OC)c1ccccc1. The van der Waals surface area contributed by atoms with Crippen molar-refractivity contribution >= 4 is 29.7 Å². The van der Waals surface area contributed by atoms with E-state index in [1.54, 1.807) is 48.5 Å². The van der Waals surface area contributed by atoms with Gasteiger partial charge in [0.05, 0.1) is 7.11 Å². The van der Waals surface area contributed by atoms with Crippen molar-refractivity contribution in [3.05, 3.63) is 59.7 Å². The number of nitrogens with one attached hydrogen (secondary N) is 2. The average Bonchev–Trinajstić information content (AvgIpc) is 2.71. The quantitative estimate of drug-likeness (QED) is 0.584. The monoisotopic (exact) mass is 388 g/mol. The molecule has 0 saturated heterocycles. The number of rotatable bonds is 6. The van der Waals surface area contributed by atoms with Gasteiger partial charge in [0.15, 0.2) is 0 Å². The summed E-state index contributed by atoms with van der Waals surface area (Å²) in [5.74, 6) is -1.15. The number of ether oxygens (including phenoxy) is 2. The molecule has 0 spiro atoms. The van der Waals surface area contributed by atoms with E-state index in [4.69, 9.17) is 9.47 Å². The molecule has 7 nitrogen and oxygen atoms in total. The Kier molecular flexibility index (Phi) is 7.25. The summed E-state index contributed by atoms with van der Waals surface area (Å²) in [5, 5.41) is 4.42. The smallest absolute Gasteiger partial charge is 0.343 e. The van der Waals surface area contributed by atoms with Crippen LogP contribution in [0.25, 0.3) is 0 Å². The number of hydrogen-bond acceptors (Lipinski definition) is 6. The zero-order chi connectivity index (χ0) is 19.8. The zero-order valence-corrected chi connectivity index (χ0v) is 16.0. The minimum atomic E-state index is -1.29. The Labute approximate surface area is 161 Å². The van der Waals surface area contributed by atoms with Crippen LogP contribution in [-0.2, 0) is 9.53 Å². The molecule has 2 rings (SSSR count). The maximum atomic E-state index is 12.7. The third-order valence-electron chi connectivity index (χ3n) is 3.66. The van der Waals surface area contributed by atoms with Crippen LogP contribution in [0.5, 0.6) is 5.75 Å². The zero-order valence-electron chi connectivity index (χ0n) is 15.1. The molecular formula is C19H20N2O5S. The fourth-order valence-corrected chi connectivity index (χ4v) is 2.71. The standard InChI is InChI=1S/C19H20N2O5S/c1-20-19(24)21-17(22)16(12-7-5-4-6-8-12)26-18(23)14-10-9-13(27-3)11-15(14)25-2/h4-11,16H,1-3H3,(H2,20,21,22,24)/t16-/m0/s1. The van der Waals surface area contributed by atoms with Crippen LogP contribution in [0.1, 0.15) is 22.0 Å². The highest BCUT2D eigenvalue weighted by molar-refractivity contribution is 7.98. The van der Waals surface area contributed by atoms with Gasteiger partial charge in [0.2, 0.25) is 6.10 Å². The van der Waals surface area contributed by atoms with Gasteiger partial charge in [-0.1, -0.05) is 30.3 Å². The summed E-state index contributed by atoms with van der Waals surface area (Å²) in [7, 11) is 2.83. The van der Waals surface area contributed by atoms with Crippen molar-refractivity contribution in [2.24, 2.45) is 0 Å². The molecule has 3 amide bonds. The highest BCUT2D eigenvalue weighted by Crippen LogP contribution is 2.28. The lowest BCUT2D eigenvalue weighted by atomic mass is 10.1. The predicted octanol–water partition coefficient (Wildman–Crippen LogP) is 2.77. The van der Waals surface area contributed by atoms with Gasteiger partial charge in [0, 0.05) is 17.5 Å². The molecule has 142 valence electrons. The lowest BCUT2D eigenvalue weighted by molar-refractivity contribution is -0.129. The number of amides is 3.